The Labute approximate surface area is 81.2 Å². The van der Waals surface area contributed by atoms with Crippen LogP contribution in [0.5, 0.6) is 0 Å². The van der Waals surface area contributed by atoms with Gasteiger partial charge in [0.25, 0.3) is 0 Å². The van der Waals surface area contributed by atoms with Crippen LogP contribution in [0.25, 0.3) is 0 Å². The molecule has 2 aromatic rings. The highest BCUT2D eigenvalue weighted by Gasteiger charge is 1.86. The molecule has 0 radical (unpaired) electrons. The lowest BCUT2D eigenvalue weighted by atomic mass is 10.4. The zero-order valence-electron chi connectivity index (χ0n) is 6.61. The lowest BCUT2D eigenvalue weighted by Gasteiger charge is -1.76. The van der Waals surface area contributed by atoms with E-state index in [1.165, 1.54) is 0 Å². The maximum absolute atomic E-state index is 3.84. The Morgan fingerprint density at radius 1 is 0.923 bits per heavy atom. The minimum absolute atomic E-state index is 0. The Morgan fingerprint density at radius 3 is 1.69 bits per heavy atom. The Morgan fingerprint density at radius 2 is 1.38 bits per heavy atom. The fourth-order valence-electron chi connectivity index (χ4n) is 0.783. The predicted octanol–water partition coefficient (Wildman–Crippen LogP) is 0.954. The summed E-state index contributed by atoms with van der Waals surface area (Å²) in [7, 11) is 0. The molecule has 2 heterocycles. The average Bonchev–Trinajstić information content (AvgIpc) is 2.74. The Bertz CT molecular complexity index is 355. The second kappa shape index (κ2) is 4.33. The molecule has 2 rings (SSSR count). The van der Waals surface area contributed by atoms with E-state index in [1.54, 1.807) is 25.0 Å². The number of imidazole rings is 2. The molecule has 0 aromatic carbocycles. The van der Waals surface area contributed by atoms with Gasteiger partial charge in [-0.25, -0.2) is 9.97 Å². The summed E-state index contributed by atoms with van der Waals surface area (Å²) in [5.41, 5.74) is 1.59. The van der Waals surface area contributed by atoms with E-state index in [2.05, 4.69) is 31.8 Å². The van der Waals surface area contributed by atoms with Gasteiger partial charge < -0.3 is 9.97 Å². The van der Waals surface area contributed by atoms with Gasteiger partial charge in [0.15, 0.2) is 0 Å². The van der Waals surface area contributed by atoms with Gasteiger partial charge in [-0.1, -0.05) is 0 Å². The monoisotopic (exact) mass is 194 g/mol. The van der Waals surface area contributed by atoms with E-state index in [4.69, 9.17) is 0 Å². The lowest BCUT2D eigenvalue weighted by Crippen LogP contribution is -1.73. The third-order valence-electron chi connectivity index (χ3n) is 1.33. The smallest absolute Gasteiger partial charge is 0.109 e. The molecule has 0 aliphatic heterocycles. The third kappa shape index (κ3) is 2.36. The molecule has 0 fully saturated rings. The molecule has 5 heteroatoms. The summed E-state index contributed by atoms with van der Waals surface area (Å²) < 4.78 is 0. The van der Waals surface area contributed by atoms with E-state index in [0.717, 1.165) is 11.4 Å². The maximum Gasteiger partial charge on any atom is 0.109 e. The van der Waals surface area contributed by atoms with Crippen molar-refractivity contribution in [1.29, 1.82) is 0 Å². The molecule has 0 bridgehead atoms. The Balaban J connectivity index is 0.000000845. The fourth-order valence-corrected chi connectivity index (χ4v) is 0.783. The number of halogens is 1. The second-order valence-electron chi connectivity index (χ2n) is 2.18. The summed E-state index contributed by atoms with van der Waals surface area (Å²) in [5, 5.41) is 0. The molecule has 13 heavy (non-hydrogen) atoms. The standard InChI is InChI=1S/C8H6N4.ClH/c1(7-3-9-5-11-7)2-8-4-10-6-12-8;/h3-6H,(H,9,11)(H,10,12);1H. The van der Waals surface area contributed by atoms with Gasteiger partial charge in [-0.15, -0.1) is 12.4 Å². The van der Waals surface area contributed by atoms with Crippen LogP contribution in [0, 0.1) is 11.8 Å². The first-order valence-electron chi connectivity index (χ1n) is 3.44. The van der Waals surface area contributed by atoms with Gasteiger partial charge in [-0.3, -0.25) is 0 Å². The molecule has 0 saturated carbocycles. The van der Waals surface area contributed by atoms with E-state index < -0.39 is 0 Å². The molecule has 2 aromatic heterocycles. The van der Waals surface area contributed by atoms with E-state index in [-0.39, 0.29) is 12.4 Å². The van der Waals surface area contributed by atoms with Gasteiger partial charge in [0.1, 0.15) is 11.4 Å². The van der Waals surface area contributed by atoms with Crippen molar-refractivity contribution in [3.63, 3.8) is 0 Å². The quantitative estimate of drug-likeness (QED) is 0.614. The van der Waals surface area contributed by atoms with Crippen molar-refractivity contribution in [1.82, 2.24) is 19.9 Å². The normalized spacial score (nSPS) is 8.31. The van der Waals surface area contributed by atoms with E-state index in [1.807, 2.05) is 0 Å². The van der Waals surface area contributed by atoms with Gasteiger partial charge in [0.05, 0.1) is 25.0 Å². The molecule has 0 saturated heterocycles. The molecule has 0 spiro atoms. The van der Waals surface area contributed by atoms with Gasteiger partial charge in [-0.2, -0.15) is 0 Å². The van der Waals surface area contributed by atoms with Crippen LogP contribution in [0.1, 0.15) is 11.4 Å². The minimum Gasteiger partial charge on any atom is -0.338 e. The van der Waals surface area contributed by atoms with Gasteiger partial charge >= 0.3 is 0 Å². The van der Waals surface area contributed by atoms with E-state index in [0.29, 0.717) is 0 Å². The zero-order chi connectivity index (χ0) is 8.23. The third-order valence-corrected chi connectivity index (χ3v) is 1.33. The van der Waals surface area contributed by atoms with E-state index >= 15 is 0 Å². The number of nitrogens with one attached hydrogen (secondary N) is 2. The van der Waals surface area contributed by atoms with E-state index in [9.17, 15) is 0 Å². The number of aromatic amines is 2. The summed E-state index contributed by atoms with van der Waals surface area (Å²) in [6, 6.07) is 0. The highest BCUT2D eigenvalue weighted by Crippen LogP contribution is 1.89. The van der Waals surface area contributed by atoms with Crippen molar-refractivity contribution in [3.8, 4) is 11.8 Å². The van der Waals surface area contributed by atoms with Crippen LogP contribution in [-0.4, -0.2) is 19.9 Å². The highest BCUT2D eigenvalue weighted by atomic mass is 35.5. The second-order valence-corrected chi connectivity index (χ2v) is 2.18. The van der Waals surface area contributed by atoms with Crippen molar-refractivity contribution >= 4 is 12.4 Å². The molecule has 0 unspecified atom stereocenters. The van der Waals surface area contributed by atoms with Crippen LogP contribution in [-0.2, 0) is 0 Å². The summed E-state index contributed by atoms with van der Waals surface area (Å²) in [6.45, 7) is 0. The summed E-state index contributed by atoms with van der Waals surface area (Å²) in [5.74, 6) is 5.78. The predicted molar refractivity (Wildman–Crippen MR) is 50.4 cm³/mol. The first-order valence-corrected chi connectivity index (χ1v) is 3.44. The first kappa shape index (κ1) is 9.36. The minimum atomic E-state index is 0. The Kier molecular flexibility index (Phi) is 3.12. The molecule has 0 aliphatic carbocycles. The topological polar surface area (TPSA) is 57.4 Å². The number of hydrogen-bond donors (Lipinski definition) is 2. The summed E-state index contributed by atoms with van der Waals surface area (Å²) in [4.78, 5) is 13.4. The van der Waals surface area contributed by atoms with Crippen LogP contribution < -0.4 is 0 Å². The largest absolute Gasteiger partial charge is 0.338 e. The van der Waals surface area contributed by atoms with Gasteiger partial charge in [0, 0.05) is 0 Å². The molecule has 0 aliphatic rings. The average molecular weight is 195 g/mol. The number of nitrogens with zero attached hydrogens (tertiary/aromatic N) is 2. The maximum atomic E-state index is 3.84. The number of H-pyrrole nitrogens is 2. The Hall–Kier alpha value is -1.73. The van der Waals surface area contributed by atoms with Gasteiger partial charge in [0.2, 0.25) is 0 Å². The van der Waals surface area contributed by atoms with Crippen LogP contribution in [0.2, 0.25) is 0 Å². The number of rotatable bonds is 0. The molecule has 4 nitrogen and oxygen atoms in total. The summed E-state index contributed by atoms with van der Waals surface area (Å²) >= 11 is 0. The number of aromatic nitrogens is 4. The molecule has 66 valence electrons. The molecule has 0 amide bonds. The van der Waals surface area contributed by atoms with Crippen LogP contribution in [0.3, 0.4) is 0 Å². The molecule has 2 N–H and O–H groups in total. The lowest BCUT2D eigenvalue weighted by molar-refractivity contribution is 1.30. The van der Waals surface area contributed by atoms with Gasteiger partial charge in [-0.05, 0) is 11.8 Å². The fraction of sp³-hybridized carbons (Fsp3) is 0. The van der Waals surface area contributed by atoms with Crippen LogP contribution in [0.4, 0.5) is 0 Å². The molecular formula is C8H7ClN4. The zero-order valence-corrected chi connectivity index (χ0v) is 7.43. The van der Waals surface area contributed by atoms with Crippen molar-refractivity contribution < 1.29 is 0 Å². The highest BCUT2D eigenvalue weighted by molar-refractivity contribution is 5.85. The SMILES string of the molecule is C(#Cc1cnc[nH]1)c1cnc[nH]1.Cl. The van der Waals surface area contributed by atoms with Crippen LogP contribution >= 0.6 is 12.4 Å². The molecular weight excluding hydrogens is 188 g/mol. The van der Waals surface area contributed by atoms with Crippen molar-refractivity contribution in [3.05, 3.63) is 36.4 Å². The number of hydrogen-bond acceptors (Lipinski definition) is 2. The summed E-state index contributed by atoms with van der Waals surface area (Å²) in [6.07, 6.45) is 6.53. The molecule has 0 atom stereocenters. The van der Waals surface area contributed by atoms with Crippen molar-refractivity contribution in [2.45, 2.75) is 0 Å². The van der Waals surface area contributed by atoms with Crippen molar-refractivity contribution in [2.75, 3.05) is 0 Å². The van der Waals surface area contributed by atoms with Crippen LogP contribution in [0.15, 0.2) is 25.0 Å². The first-order chi connectivity index (χ1) is 5.95. The van der Waals surface area contributed by atoms with Crippen molar-refractivity contribution in [2.24, 2.45) is 0 Å².